The van der Waals surface area contributed by atoms with E-state index in [0.717, 1.165) is 54.5 Å². The molecule has 0 spiro atoms. The molecule has 0 atom stereocenters. The fraction of sp³-hybridized carbons (Fsp3) is 0.321. The molecule has 202 valence electrons. The number of aryl methyl sites for hydroxylation is 1. The van der Waals surface area contributed by atoms with Crippen molar-refractivity contribution < 1.29 is 26.4 Å². The third kappa shape index (κ3) is 6.93. The minimum atomic E-state index is -4.67. The number of rotatable bonds is 9. The van der Waals surface area contributed by atoms with E-state index in [1.807, 2.05) is 24.3 Å². The minimum absolute atomic E-state index is 0.122. The Morgan fingerprint density at radius 3 is 2.29 bits per heavy atom. The van der Waals surface area contributed by atoms with Crippen molar-refractivity contribution >= 4 is 21.6 Å². The van der Waals surface area contributed by atoms with Crippen molar-refractivity contribution in [3.05, 3.63) is 95.1 Å². The number of amides is 1. The molecule has 4 rings (SSSR count). The highest BCUT2D eigenvalue weighted by molar-refractivity contribution is 7.92. The highest BCUT2D eigenvalue weighted by Crippen LogP contribution is 2.33. The Kier molecular flexibility index (Phi) is 8.42. The molecule has 0 bridgehead atoms. The molecule has 1 amide bonds. The van der Waals surface area contributed by atoms with E-state index in [9.17, 15) is 26.4 Å². The maximum absolute atomic E-state index is 13.5. The quantitative estimate of drug-likeness (QED) is 0.405. The standard InChI is InChI=1S/C28H30F3N3O3S/c1-21-10-12-26(13-11-21)38(36,37)34(25-9-5-8-24(17-25)28(29,30)31)20-27(35)32-18-22-6-4-7-23(16-22)19-33-14-2-3-15-33/h4-13,16-17H,2-3,14-15,18-20H2,1H3,(H,32,35). The number of anilines is 1. The second kappa shape index (κ2) is 11.6. The molecule has 1 aliphatic heterocycles. The van der Waals surface area contributed by atoms with Crippen LogP contribution in [0.15, 0.2) is 77.7 Å². The Morgan fingerprint density at radius 1 is 0.947 bits per heavy atom. The molecule has 0 unspecified atom stereocenters. The molecule has 1 fully saturated rings. The molecule has 3 aromatic rings. The molecule has 6 nitrogen and oxygen atoms in total. The molecule has 1 saturated heterocycles. The summed E-state index contributed by atoms with van der Waals surface area (Å²) in [4.78, 5) is 15.2. The van der Waals surface area contributed by atoms with Gasteiger partial charge < -0.3 is 5.32 Å². The zero-order chi connectivity index (χ0) is 27.3. The van der Waals surface area contributed by atoms with E-state index in [-0.39, 0.29) is 17.1 Å². The van der Waals surface area contributed by atoms with Crippen LogP contribution in [-0.4, -0.2) is 38.9 Å². The molecule has 10 heteroatoms. The first kappa shape index (κ1) is 27.7. The summed E-state index contributed by atoms with van der Waals surface area (Å²) in [6, 6.07) is 17.7. The number of carbonyl (C=O) groups is 1. The number of nitrogens with zero attached hydrogens (tertiary/aromatic N) is 2. The van der Waals surface area contributed by atoms with Gasteiger partial charge in [0.1, 0.15) is 6.54 Å². The molecule has 0 aromatic heterocycles. The third-order valence-electron chi connectivity index (χ3n) is 6.44. The SMILES string of the molecule is Cc1ccc(S(=O)(=O)N(CC(=O)NCc2cccc(CN3CCCC3)c2)c2cccc(C(F)(F)F)c2)cc1. The zero-order valence-electron chi connectivity index (χ0n) is 21.0. The topological polar surface area (TPSA) is 69.7 Å². The van der Waals surface area contributed by atoms with Crippen LogP contribution in [0, 0.1) is 6.92 Å². The molecule has 1 N–H and O–H groups in total. The number of halogens is 3. The summed E-state index contributed by atoms with van der Waals surface area (Å²) < 4.78 is 67.8. The van der Waals surface area contributed by atoms with Gasteiger partial charge in [-0.25, -0.2) is 8.42 Å². The van der Waals surface area contributed by atoms with Gasteiger partial charge in [0.25, 0.3) is 10.0 Å². The number of benzene rings is 3. The summed E-state index contributed by atoms with van der Waals surface area (Å²) in [7, 11) is -4.33. The molecule has 3 aromatic carbocycles. The fourth-order valence-corrected chi connectivity index (χ4v) is 5.83. The first-order valence-electron chi connectivity index (χ1n) is 12.4. The Hall–Kier alpha value is -3.37. The van der Waals surface area contributed by atoms with Gasteiger partial charge in [-0.05, 0) is 74.3 Å². The summed E-state index contributed by atoms with van der Waals surface area (Å²) in [5.74, 6) is -0.636. The van der Waals surface area contributed by atoms with Crippen LogP contribution in [0.2, 0.25) is 0 Å². The van der Waals surface area contributed by atoms with Crippen molar-refractivity contribution in [2.24, 2.45) is 0 Å². The highest BCUT2D eigenvalue weighted by atomic mass is 32.2. The third-order valence-corrected chi connectivity index (χ3v) is 8.23. The van der Waals surface area contributed by atoms with Crippen LogP contribution in [0.5, 0.6) is 0 Å². The average molecular weight is 546 g/mol. The number of alkyl halides is 3. The van der Waals surface area contributed by atoms with Crippen LogP contribution in [-0.2, 0) is 34.1 Å². The lowest BCUT2D eigenvalue weighted by atomic mass is 10.1. The number of hydrogen-bond acceptors (Lipinski definition) is 4. The molecule has 0 radical (unpaired) electrons. The predicted octanol–water partition coefficient (Wildman–Crippen LogP) is 5.12. The van der Waals surface area contributed by atoms with E-state index in [4.69, 9.17) is 0 Å². The van der Waals surface area contributed by atoms with Crippen molar-refractivity contribution in [2.75, 3.05) is 23.9 Å². The maximum atomic E-state index is 13.5. The summed E-state index contributed by atoms with van der Waals surface area (Å²) in [5, 5.41) is 2.72. The van der Waals surface area contributed by atoms with Crippen LogP contribution in [0.1, 0.15) is 35.1 Å². The number of sulfonamides is 1. The van der Waals surface area contributed by atoms with Gasteiger partial charge >= 0.3 is 6.18 Å². The summed E-state index contributed by atoms with van der Waals surface area (Å²) in [6.07, 6.45) is -2.30. The fourth-order valence-electron chi connectivity index (χ4n) is 4.41. The number of carbonyl (C=O) groups excluding carboxylic acids is 1. The molecule has 0 aliphatic carbocycles. The molecular formula is C28H30F3N3O3S. The second-order valence-electron chi connectivity index (χ2n) is 9.45. The highest BCUT2D eigenvalue weighted by Gasteiger charge is 2.33. The van der Waals surface area contributed by atoms with Crippen LogP contribution >= 0.6 is 0 Å². The lowest BCUT2D eigenvalue weighted by Gasteiger charge is -2.25. The molecule has 38 heavy (non-hydrogen) atoms. The molecule has 1 heterocycles. The number of hydrogen-bond donors (Lipinski definition) is 1. The maximum Gasteiger partial charge on any atom is 0.416 e. The lowest BCUT2D eigenvalue weighted by molar-refractivity contribution is -0.137. The van der Waals surface area contributed by atoms with Gasteiger partial charge in [0.05, 0.1) is 16.1 Å². The molecular weight excluding hydrogens is 515 g/mol. The van der Waals surface area contributed by atoms with Crippen molar-refractivity contribution in [3.63, 3.8) is 0 Å². The first-order chi connectivity index (χ1) is 18.0. The van der Waals surface area contributed by atoms with Gasteiger partial charge in [-0.2, -0.15) is 13.2 Å². The van der Waals surface area contributed by atoms with Gasteiger partial charge in [-0.15, -0.1) is 0 Å². The Labute approximate surface area is 221 Å². The van der Waals surface area contributed by atoms with Gasteiger partial charge in [0, 0.05) is 13.1 Å². The lowest BCUT2D eigenvalue weighted by Crippen LogP contribution is -2.40. The Bertz CT molecular complexity index is 1370. The van der Waals surface area contributed by atoms with Crippen LogP contribution < -0.4 is 9.62 Å². The summed E-state index contributed by atoms with van der Waals surface area (Å²) in [6.45, 7) is 4.21. The van der Waals surface area contributed by atoms with Crippen LogP contribution in [0.4, 0.5) is 18.9 Å². The van der Waals surface area contributed by atoms with Crippen molar-refractivity contribution in [2.45, 2.75) is 43.9 Å². The minimum Gasteiger partial charge on any atom is -0.350 e. The van der Waals surface area contributed by atoms with E-state index >= 15 is 0 Å². The van der Waals surface area contributed by atoms with Crippen LogP contribution in [0.3, 0.4) is 0 Å². The second-order valence-corrected chi connectivity index (χ2v) is 11.3. The normalized spacial score (nSPS) is 14.4. The van der Waals surface area contributed by atoms with Gasteiger partial charge in [-0.3, -0.25) is 14.0 Å². The van der Waals surface area contributed by atoms with E-state index < -0.39 is 34.2 Å². The summed E-state index contributed by atoms with van der Waals surface area (Å²) in [5.41, 5.74) is 1.53. The smallest absolute Gasteiger partial charge is 0.350 e. The van der Waals surface area contributed by atoms with E-state index in [0.29, 0.717) is 4.31 Å². The van der Waals surface area contributed by atoms with Crippen LogP contribution in [0.25, 0.3) is 0 Å². The van der Waals surface area contributed by atoms with Crippen molar-refractivity contribution in [1.82, 2.24) is 10.2 Å². The van der Waals surface area contributed by atoms with Crippen molar-refractivity contribution in [1.29, 1.82) is 0 Å². The Morgan fingerprint density at radius 2 is 1.61 bits per heavy atom. The van der Waals surface area contributed by atoms with E-state index in [2.05, 4.69) is 10.2 Å². The van der Waals surface area contributed by atoms with Gasteiger partial charge in [0.15, 0.2) is 0 Å². The number of nitrogens with one attached hydrogen (secondary N) is 1. The molecule has 1 aliphatic rings. The average Bonchev–Trinajstić information content (AvgIpc) is 3.39. The monoisotopic (exact) mass is 545 g/mol. The zero-order valence-corrected chi connectivity index (χ0v) is 21.9. The first-order valence-corrected chi connectivity index (χ1v) is 13.8. The van der Waals surface area contributed by atoms with Gasteiger partial charge in [0.2, 0.25) is 5.91 Å². The summed E-state index contributed by atoms with van der Waals surface area (Å²) >= 11 is 0. The predicted molar refractivity (Wildman–Crippen MR) is 140 cm³/mol. The number of likely N-dealkylation sites (tertiary alicyclic amines) is 1. The largest absolute Gasteiger partial charge is 0.416 e. The van der Waals surface area contributed by atoms with E-state index in [1.54, 1.807) is 19.1 Å². The molecule has 0 saturated carbocycles. The van der Waals surface area contributed by atoms with Crippen molar-refractivity contribution in [3.8, 4) is 0 Å². The van der Waals surface area contributed by atoms with E-state index in [1.165, 1.54) is 31.0 Å². The van der Waals surface area contributed by atoms with Gasteiger partial charge in [-0.1, -0.05) is 48.0 Å². The Balaban J connectivity index is 1.54.